The van der Waals surface area contributed by atoms with E-state index in [9.17, 15) is 14.4 Å². The summed E-state index contributed by atoms with van der Waals surface area (Å²) in [6, 6.07) is 11.8. The summed E-state index contributed by atoms with van der Waals surface area (Å²) in [5, 5.41) is 10.1. The first-order valence-corrected chi connectivity index (χ1v) is 10.6. The van der Waals surface area contributed by atoms with Crippen molar-refractivity contribution in [3.8, 4) is 11.5 Å². The highest BCUT2D eigenvalue weighted by Gasteiger charge is 2.33. The number of aliphatic carboxylic acids is 1. The van der Waals surface area contributed by atoms with E-state index in [4.69, 9.17) is 26.8 Å². The largest absolute Gasteiger partial charge is 0.493 e. The lowest BCUT2D eigenvalue weighted by molar-refractivity contribution is -0.144. The van der Waals surface area contributed by atoms with E-state index in [1.165, 1.54) is 14.0 Å². The summed E-state index contributed by atoms with van der Waals surface area (Å²) in [4.78, 5) is 36.6. The van der Waals surface area contributed by atoms with Crippen molar-refractivity contribution in [2.75, 3.05) is 7.11 Å². The summed E-state index contributed by atoms with van der Waals surface area (Å²) in [7, 11) is 1.43. The number of rotatable bonds is 7. The monoisotopic (exact) mass is 472 g/mol. The molecule has 166 valence electrons. The molecule has 1 atom stereocenters. The van der Waals surface area contributed by atoms with E-state index in [0.717, 1.165) is 22.3 Å². The number of thioether (sulfide) groups is 1. The van der Waals surface area contributed by atoms with Gasteiger partial charge in [-0.25, -0.2) is 4.79 Å². The van der Waals surface area contributed by atoms with Gasteiger partial charge in [0.25, 0.3) is 11.8 Å². The predicted octanol–water partition coefficient (Wildman–Crippen LogP) is 3.40. The van der Waals surface area contributed by atoms with E-state index in [0.29, 0.717) is 21.8 Å². The molecule has 0 aromatic heterocycles. The number of hydrazine groups is 1. The Kier molecular flexibility index (Phi) is 7.16. The van der Waals surface area contributed by atoms with Crippen LogP contribution in [0.5, 0.6) is 11.5 Å². The number of hydrogen-bond acceptors (Lipinski definition) is 7. The SMILES string of the molecule is COc1cc(/C=C2/SC(=S)N(NC(=O)c3ccc(C)cc3)C2=O)ccc1OC(C)C(=O)O. The highest BCUT2D eigenvalue weighted by atomic mass is 32.2. The van der Waals surface area contributed by atoms with Gasteiger partial charge >= 0.3 is 5.97 Å². The number of benzene rings is 2. The van der Waals surface area contributed by atoms with Crippen LogP contribution in [0.3, 0.4) is 0 Å². The molecule has 1 heterocycles. The molecular weight excluding hydrogens is 452 g/mol. The van der Waals surface area contributed by atoms with Crippen molar-refractivity contribution in [3.63, 3.8) is 0 Å². The molecule has 3 rings (SSSR count). The third-order valence-corrected chi connectivity index (χ3v) is 5.76. The molecule has 8 nitrogen and oxygen atoms in total. The number of ether oxygens (including phenoxy) is 2. The lowest BCUT2D eigenvalue weighted by Gasteiger charge is -2.15. The maximum Gasteiger partial charge on any atom is 0.344 e. The van der Waals surface area contributed by atoms with Crippen LogP contribution in [0.1, 0.15) is 28.4 Å². The van der Waals surface area contributed by atoms with E-state index >= 15 is 0 Å². The van der Waals surface area contributed by atoms with Crippen molar-refractivity contribution in [2.45, 2.75) is 20.0 Å². The molecule has 0 radical (unpaired) electrons. The minimum absolute atomic E-state index is 0.198. The van der Waals surface area contributed by atoms with Crippen LogP contribution in [0.25, 0.3) is 6.08 Å². The normalized spacial score (nSPS) is 15.6. The molecule has 0 bridgehead atoms. The minimum Gasteiger partial charge on any atom is -0.493 e. The summed E-state index contributed by atoms with van der Waals surface area (Å²) in [6.07, 6.45) is 0.549. The minimum atomic E-state index is -1.10. The van der Waals surface area contributed by atoms with E-state index in [1.807, 2.05) is 6.92 Å². The fourth-order valence-electron chi connectivity index (χ4n) is 2.70. The van der Waals surface area contributed by atoms with Crippen LogP contribution in [-0.2, 0) is 9.59 Å². The van der Waals surface area contributed by atoms with Crippen LogP contribution in [0.4, 0.5) is 0 Å². The zero-order valence-electron chi connectivity index (χ0n) is 17.4. The lowest BCUT2D eigenvalue weighted by atomic mass is 10.1. The smallest absolute Gasteiger partial charge is 0.344 e. The Morgan fingerprint density at radius 3 is 2.50 bits per heavy atom. The summed E-state index contributed by atoms with van der Waals surface area (Å²) in [5.41, 5.74) is 4.57. The molecule has 0 saturated carbocycles. The van der Waals surface area contributed by atoms with E-state index in [-0.39, 0.29) is 10.1 Å². The molecule has 1 unspecified atom stereocenters. The third-order valence-electron chi connectivity index (χ3n) is 4.46. The van der Waals surface area contributed by atoms with Gasteiger partial charge in [0.2, 0.25) is 0 Å². The quantitative estimate of drug-likeness (QED) is 0.467. The van der Waals surface area contributed by atoms with E-state index in [2.05, 4.69) is 5.43 Å². The van der Waals surface area contributed by atoms with Crippen LogP contribution in [0.15, 0.2) is 47.4 Å². The van der Waals surface area contributed by atoms with Gasteiger partial charge in [0, 0.05) is 5.56 Å². The zero-order valence-corrected chi connectivity index (χ0v) is 19.1. The molecule has 32 heavy (non-hydrogen) atoms. The zero-order chi connectivity index (χ0) is 23.4. The van der Waals surface area contributed by atoms with E-state index < -0.39 is 23.9 Å². The predicted molar refractivity (Wildman–Crippen MR) is 124 cm³/mol. The number of methoxy groups -OCH3 is 1. The van der Waals surface area contributed by atoms with Gasteiger partial charge in [-0.2, -0.15) is 5.01 Å². The van der Waals surface area contributed by atoms with Gasteiger partial charge in [0.1, 0.15) is 0 Å². The second-order valence-electron chi connectivity index (χ2n) is 6.83. The molecule has 0 spiro atoms. The second kappa shape index (κ2) is 9.84. The number of carbonyl (C=O) groups excluding carboxylic acids is 2. The molecule has 1 aliphatic heterocycles. The number of carboxylic acid groups (broad SMARTS) is 1. The number of nitrogens with zero attached hydrogens (tertiary/aromatic N) is 1. The Morgan fingerprint density at radius 2 is 1.88 bits per heavy atom. The number of carboxylic acids is 1. The summed E-state index contributed by atoms with van der Waals surface area (Å²) >= 11 is 6.31. The van der Waals surface area contributed by atoms with Crippen molar-refractivity contribution in [1.29, 1.82) is 0 Å². The average molecular weight is 473 g/mol. The summed E-state index contributed by atoms with van der Waals surface area (Å²) in [5.74, 6) is -1.43. The highest BCUT2D eigenvalue weighted by Crippen LogP contribution is 2.34. The van der Waals surface area contributed by atoms with Crippen molar-refractivity contribution in [3.05, 3.63) is 64.1 Å². The molecule has 2 N–H and O–H groups in total. The first-order chi connectivity index (χ1) is 15.2. The molecule has 1 aliphatic rings. The van der Waals surface area contributed by atoms with Crippen LogP contribution in [0, 0.1) is 6.92 Å². The van der Waals surface area contributed by atoms with Gasteiger partial charge in [0.15, 0.2) is 21.9 Å². The van der Waals surface area contributed by atoms with Gasteiger partial charge in [0.05, 0.1) is 12.0 Å². The molecule has 2 amide bonds. The summed E-state index contributed by atoms with van der Waals surface area (Å²) < 4.78 is 10.9. The van der Waals surface area contributed by atoms with Gasteiger partial charge in [-0.15, -0.1) is 0 Å². The number of carbonyl (C=O) groups is 3. The number of hydrogen-bond donors (Lipinski definition) is 2. The van der Waals surface area contributed by atoms with Crippen LogP contribution in [0.2, 0.25) is 0 Å². The lowest BCUT2D eigenvalue weighted by Crippen LogP contribution is -2.44. The molecule has 1 saturated heterocycles. The Balaban J connectivity index is 1.77. The first kappa shape index (κ1) is 23.3. The molecule has 0 aliphatic carbocycles. The van der Waals surface area contributed by atoms with Gasteiger partial charge in [-0.3, -0.25) is 15.0 Å². The molecular formula is C22H20N2O6S2. The standard InChI is InChI=1S/C22H20N2O6S2/c1-12-4-7-15(8-5-12)19(25)23-24-20(26)18(32-22(24)31)11-14-6-9-16(17(10-14)29-3)30-13(2)21(27)28/h4-11,13H,1-3H3,(H,23,25)(H,27,28)/b18-11+. The Labute approximate surface area is 194 Å². The van der Waals surface area contributed by atoms with Crippen LogP contribution >= 0.6 is 24.0 Å². The van der Waals surface area contributed by atoms with Gasteiger partial charge in [-0.05, 0) is 62.0 Å². The second-order valence-corrected chi connectivity index (χ2v) is 8.51. The Bertz CT molecular complexity index is 1110. The fraction of sp³-hybridized carbons (Fsp3) is 0.182. The van der Waals surface area contributed by atoms with Crippen LogP contribution < -0.4 is 14.9 Å². The highest BCUT2D eigenvalue weighted by molar-refractivity contribution is 8.26. The van der Waals surface area contributed by atoms with Gasteiger partial charge < -0.3 is 14.6 Å². The Hall–Kier alpha value is -3.37. The van der Waals surface area contributed by atoms with Crippen molar-refractivity contribution in [2.24, 2.45) is 0 Å². The number of aryl methyl sites for hydroxylation is 1. The first-order valence-electron chi connectivity index (χ1n) is 9.42. The molecule has 2 aromatic rings. The third kappa shape index (κ3) is 5.27. The molecule has 10 heteroatoms. The maximum atomic E-state index is 12.8. The van der Waals surface area contributed by atoms with E-state index in [1.54, 1.807) is 48.5 Å². The molecule has 2 aromatic carbocycles. The van der Waals surface area contributed by atoms with Crippen LogP contribution in [-0.4, -0.2) is 45.4 Å². The van der Waals surface area contributed by atoms with Gasteiger partial charge in [-0.1, -0.05) is 35.5 Å². The number of nitrogens with one attached hydrogen (secondary N) is 1. The maximum absolute atomic E-state index is 12.8. The topological polar surface area (TPSA) is 105 Å². The fourth-order valence-corrected chi connectivity index (χ4v) is 3.88. The van der Waals surface area contributed by atoms with Crippen molar-refractivity contribution >= 4 is 52.2 Å². The molecule has 1 fully saturated rings. The van der Waals surface area contributed by atoms with Crippen molar-refractivity contribution in [1.82, 2.24) is 10.4 Å². The Morgan fingerprint density at radius 1 is 1.19 bits per heavy atom. The number of amides is 2. The van der Waals surface area contributed by atoms with Crippen molar-refractivity contribution < 1.29 is 29.0 Å². The number of thiocarbonyl (C=S) groups is 1. The average Bonchev–Trinajstić information content (AvgIpc) is 3.02. The summed E-state index contributed by atoms with van der Waals surface area (Å²) in [6.45, 7) is 3.32.